The van der Waals surface area contributed by atoms with Crippen molar-refractivity contribution in [3.05, 3.63) is 59.7 Å². The summed E-state index contributed by atoms with van der Waals surface area (Å²) in [4.78, 5) is 39.7. The van der Waals surface area contributed by atoms with Crippen molar-refractivity contribution >= 4 is 29.1 Å². The second-order valence-electron chi connectivity index (χ2n) is 7.52. The van der Waals surface area contributed by atoms with Gasteiger partial charge in [-0.2, -0.15) is 0 Å². The molecule has 0 aromatic heterocycles. The van der Waals surface area contributed by atoms with E-state index in [0.29, 0.717) is 11.3 Å². The van der Waals surface area contributed by atoms with Gasteiger partial charge in [0.05, 0.1) is 17.5 Å². The van der Waals surface area contributed by atoms with Gasteiger partial charge in [-0.05, 0) is 49.1 Å². The van der Waals surface area contributed by atoms with Crippen LogP contribution in [0.4, 0.5) is 11.4 Å². The van der Waals surface area contributed by atoms with Crippen LogP contribution in [-0.4, -0.2) is 17.7 Å². The molecule has 1 N–H and O–H groups in total. The van der Waals surface area contributed by atoms with E-state index >= 15 is 0 Å². The summed E-state index contributed by atoms with van der Waals surface area (Å²) >= 11 is 0. The number of aryl methyl sites for hydroxylation is 1. The minimum Gasteiger partial charge on any atom is -0.322 e. The van der Waals surface area contributed by atoms with Crippen LogP contribution in [0.5, 0.6) is 0 Å². The number of nitrogens with one attached hydrogen (secondary N) is 1. The van der Waals surface area contributed by atoms with Crippen LogP contribution in [0.2, 0.25) is 0 Å². The molecule has 3 amide bonds. The lowest BCUT2D eigenvalue weighted by Crippen LogP contribution is -2.31. The number of hydrogen-bond acceptors (Lipinski definition) is 3. The number of rotatable bonds is 4. The van der Waals surface area contributed by atoms with Crippen molar-refractivity contribution < 1.29 is 14.4 Å². The molecular weight excluding hydrogens is 352 g/mol. The Morgan fingerprint density at radius 3 is 2.36 bits per heavy atom. The molecule has 0 bridgehead atoms. The van der Waals surface area contributed by atoms with Gasteiger partial charge in [-0.25, -0.2) is 0 Å². The first kappa shape index (κ1) is 18.4. The van der Waals surface area contributed by atoms with E-state index in [1.807, 2.05) is 31.2 Å². The lowest BCUT2D eigenvalue weighted by atomic mass is 9.81. The van der Waals surface area contributed by atoms with E-state index in [-0.39, 0.29) is 29.6 Å². The van der Waals surface area contributed by atoms with Gasteiger partial charge in [-0.3, -0.25) is 19.3 Å². The van der Waals surface area contributed by atoms with Gasteiger partial charge >= 0.3 is 0 Å². The Hall–Kier alpha value is -2.95. The van der Waals surface area contributed by atoms with E-state index in [1.54, 1.807) is 24.3 Å². The molecule has 1 aliphatic carbocycles. The van der Waals surface area contributed by atoms with Gasteiger partial charge in [-0.15, -0.1) is 0 Å². The van der Waals surface area contributed by atoms with Crippen LogP contribution in [0.3, 0.4) is 0 Å². The molecule has 2 aromatic rings. The first-order valence-electron chi connectivity index (χ1n) is 9.97. The number of carbonyl (C=O) groups excluding carboxylic acids is 3. The molecule has 2 fully saturated rings. The smallest absolute Gasteiger partial charge is 0.255 e. The summed E-state index contributed by atoms with van der Waals surface area (Å²) < 4.78 is 0. The van der Waals surface area contributed by atoms with Crippen molar-refractivity contribution in [1.29, 1.82) is 0 Å². The Bertz CT molecular complexity index is 913. The summed E-state index contributed by atoms with van der Waals surface area (Å²) in [6, 6.07) is 14.5. The van der Waals surface area contributed by atoms with Crippen molar-refractivity contribution in [2.75, 3.05) is 10.2 Å². The number of fused-ring (bicyclic) bond motifs is 1. The number of nitrogens with zero attached hydrogens (tertiary/aromatic N) is 1. The SMILES string of the molecule is CCc1ccccc1NC(=O)c1cccc(N2C(=O)[C@H]3CCCC[C@H]3C2=O)c1. The van der Waals surface area contributed by atoms with Gasteiger partial charge in [0.25, 0.3) is 5.91 Å². The molecule has 28 heavy (non-hydrogen) atoms. The minimum atomic E-state index is -0.251. The van der Waals surface area contributed by atoms with E-state index in [9.17, 15) is 14.4 Å². The van der Waals surface area contributed by atoms with Crippen molar-refractivity contribution in [3.8, 4) is 0 Å². The van der Waals surface area contributed by atoms with E-state index in [4.69, 9.17) is 0 Å². The number of anilines is 2. The highest BCUT2D eigenvalue weighted by atomic mass is 16.2. The van der Waals surface area contributed by atoms with Gasteiger partial charge < -0.3 is 5.32 Å². The fraction of sp³-hybridized carbons (Fsp3) is 0.348. The van der Waals surface area contributed by atoms with Crippen LogP contribution in [0.25, 0.3) is 0 Å². The van der Waals surface area contributed by atoms with Crippen molar-refractivity contribution in [2.24, 2.45) is 11.8 Å². The van der Waals surface area contributed by atoms with Crippen LogP contribution >= 0.6 is 0 Å². The second kappa shape index (κ2) is 7.58. The predicted molar refractivity (Wildman–Crippen MR) is 108 cm³/mol. The van der Waals surface area contributed by atoms with Crippen molar-refractivity contribution in [1.82, 2.24) is 0 Å². The molecule has 1 aliphatic heterocycles. The van der Waals surface area contributed by atoms with Gasteiger partial charge in [0.15, 0.2) is 0 Å². The predicted octanol–water partition coefficient (Wildman–Crippen LogP) is 4.18. The van der Waals surface area contributed by atoms with E-state index in [2.05, 4.69) is 5.32 Å². The van der Waals surface area contributed by atoms with E-state index in [0.717, 1.165) is 43.4 Å². The lowest BCUT2D eigenvalue weighted by Gasteiger charge is -2.19. The third-order valence-corrected chi connectivity index (χ3v) is 5.85. The summed E-state index contributed by atoms with van der Waals surface area (Å²) in [5.41, 5.74) is 2.75. The third kappa shape index (κ3) is 3.21. The molecule has 5 heteroatoms. The van der Waals surface area contributed by atoms with Crippen LogP contribution in [0.15, 0.2) is 48.5 Å². The molecule has 144 valence electrons. The van der Waals surface area contributed by atoms with E-state index in [1.165, 1.54) is 4.90 Å². The maximum Gasteiger partial charge on any atom is 0.255 e. The molecule has 1 saturated heterocycles. The van der Waals surface area contributed by atoms with Crippen LogP contribution in [-0.2, 0) is 16.0 Å². The molecule has 4 rings (SSSR count). The molecule has 0 spiro atoms. The normalized spacial score (nSPS) is 21.5. The fourth-order valence-corrected chi connectivity index (χ4v) is 4.35. The molecule has 1 heterocycles. The Labute approximate surface area is 164 Å². The standard InChI is InChI=1S/C23H24N2O3/c1-2-15-8-3-6-13-20(15)24-21(26)16-9-7-10-17(14-16)25-22(27)18-11-4-5-12-19(18)23(25)28/h3,6-10,13-14,18-19H,2,4-5,11-12H2,1H3,(H,24,26)/t18-,19+. The van der Waals surface area contributed by atoms with Crippen LogP contribution < -0.4 is 10.2 Å². The van der Waals surface area contributed by atoms with Gasteiger partial charge in [0.2, 0.25) is 11.8 Å². The minimum absolute atomic E-state index is 0.122. The summed E-state index contributed by atoms with van der Waals surface area (Å²) in [7, 11) is 0. The monoisotopic (exact) mass is 376 g/mol. The lowest BCUT2D eigenvalue weighted by molar-refractivity contribution is -0.122. The zero-order chi connectivity index (χ0) is 19.7. The van der Waals surface area contributed by atoms with Crippen LogP contribution in [0.1, 0.15) is 48.5 Å². The first-order valence-corrected chi connectivity index (χ1v) is 9.97. The molecule has 0 radical (unpaired) electrons. The maximum atomic E-state index is 12.8. The zero-order valence-corrected chi connectivity index (χ0v) is 16.0. The number of imide groups is 1. The number of hydrogen-bond donors (Lipinski definition) is 1. The number of amides is 3. The first-order chi connectivity index (χ1) is 13.6. The van der Waals surface area contributed by atoms with Gasteiger partial charge in [0, 0.05) is 11.3 Å². The average Bonchev–Trinajstić information content (AvgIpc) is 2.99. The quantitative estimate of drug-likeness (QED) is 0.814. The number of benzene rings is 2. The van der Waals surface area contributed by atoms with Crippen LogP contribution in [0, 0.1) is 11.8 Å². The second-order valence-corrected chi connectivity index (χ2v) is 7.52. The largest absolute Gasteiger partial charge is 0.322 e. The Balaban J connectivity index is 1.59. The molecule has 2 aromatic carbocycles. The zero-order valence-electron chi connectivity index (χ0n) is 16.0. The highest BCUT2D eigenvalue weighted by Crippen LogP contribution is 2.40. The molecule has 1 saturated carbocycles. The molecule has 5 nitrogen and oxygen atoms in total. The average molecular weight is 376 g/mol. The summed E-state index contributed by atoms with van der Waals surface area (Å²) in [6.45, 7) is 2.04. The summed E-state index contributed by atoms with van der Waals surface area (Å²) in [6.07, 6.45) is 4.36. The maximum absolute atomic E-state index is 12.8. The Morgan fingerprint density at radius 1 is 1.00 bits per heavy atom. The molecule has 2 aliphatic rings. The Morgan fingerprint density at radius 2 is 1.68 bits per heavy atom. The molecule has 2 atom stereocenters. The topological polar surface area (TPSA) is 66.5 Å². The molecule has 0 unspecified atom stereocenters. The molecular formula is C23H24N2O3. The van der Waals surface area contributed by atoms with Gasteiger partial charge in [0.1, 0.15) is 0 Å². The van der Waals surface area contributed by atoms with E-state index < -0.39 is 0 Å². The Kier molecular flexibility index (Phi) is 4.99. The van der Waals surface area contributed by atoms with Gasteiger partial charge in [-0.1, -0.05) is 44.0 Å². The van der Waals surface area contributed by atoms with Crippen molar-refractivity contribution in [2.45, 2.75) is 39.0 Å². The number of para-hydroxylation sites is 1. The highest BCUT2D eigenvalue weighted by molar-refractivity contribution is 6.22. The summed E-state index contributed by atoms with van der Waals surface area (Å²) in [5, 5.41) is 2.94. The fourth-order valence-electron chi connectivity index (χ4n) is 4.35. The highest BCUT2D eigenvalue weighted by Gasteiger charge is 2.48. The third-order valence-electron chi connectivity index (χ3n) is 5.85. The number of carbonyl (C=O) groups is 3. The van der Waals surface area contributed by atoms with Crippen molar-refractivity contribution in [3.63, 3.8) is 0 Å². The summed E-state index contributed by atoms with van der Waals surface area (Å²) in [5.74, 6) is -0.892.